The minimum atomic E-state index is 0. The second-order valence-corrected chi connectivity index (χ2v) is 4.57. The van der Waals surface area contributed by atoms with Gasteiger partial charge in [0, 0.05) is 37.9 Å². The molecule has 0 radical (unpaired) electrons. The van der Waals surface area contributed by atoms with Crippen molar-refractivity contribution in [2.75, 3.05) is 13.1 Å². The minimum Gasteiger partial charge on any atom is -0.333 e. The van der Waals surface area contributed by atoms with Crippen LogP contribution in [0.2, 0.25) is 0 Å². The molecule has 1 fully saturated rings. The standard InChI is InChI=1S/C12H20N4O.ClH/c1-4-15-8-11(7-14-15)12(17)16-6-5-13-9(2)10(16)3;/h7-10,13H,4-6H2,1-3H3;1H. The molecule has 2 rings (SSSR count). The van der Waals surface area contributed by atoms with Gasteiger partial charge in [-0.25, -0.2) is 0 Å². The predicted molar refractivity (Wildman–Crippen MR) is 73.1 cm³/mol. The molecule has 1 saturated heterocycles. The van der Waals surface area contributed by atoms with E-state index in [0.717, 1.165) is 19.6 Å². The number of aryl methyl sites for hydroxylation is 1. The van der Waals surface area contributed by atoms with Gasteiger partial charge in [-0.05, 0) is 20.8 Å². The van der Waals surface area contributed by atoms with Crippen LogP contribution >= 0.6 is 12.4 Å². The molecule has 1 N–H and O–H groups in total. The van der Waals surface area contributed by atoms with E-state index < -0.39 is 0 Å². The molecular weight excluding hydrogens is 252 g/mol. The second kappa shape index (κ2) is 6.20. The lowest BCUT2D eigenvalue weighted by molar-refractivity contribution is 0.0603. The van der Waals surface area contributed by atoms with E-state index in [1.54, 1.807) is 10.9 Å². The van der Waals surface area contributed by atoms with Gasteiger partial charge in [0.15, 0.2) is 0 Å². The highest BCUT2D eigenvalue weighted by molar-refractivity contribution is 5.94. The summed E-state index contributed by atoms with van der Waals surface area (Å²) in [7, 11) is 0. The van der Waals surface area contributed by atoms with Gasteiger partial charge in [0.2, 0.25) is 0 Å². The molecule has 2 atom stereocenters. The van der Waals surface area contributed by atoms with Crippen LogP contribution in [0.15, 0.2) is 12.4 Å². The maximum absolute atomic E-state index is 12.3. The fourth-order valence-corrected chi connectivity index (χ4v) is 2.16. The van der Waals surface area contributed by atoms with Crippen LogP contribution in [0.4, 0.5) is 0 Å². The van der Waals surface area contributed by atoms with Gasteiger partial charge in [-0.15, -0.1) is 12.4 Å². The van der Waals surface area contributed by atoms with Gasteiger partial charge >= 0.3 is 0 Å². The summed E-state index contributed by atoms with van der Waals surface area (Å²) in [6, 6.07) is 0.565. The first-order chi connectivity index (χ1) is 8.13. The number of hydrogen-bond donors (Lipinski definition) is 1. The van der Waals surface area contributed by atoms with E-state index in [-0.39, 0.29) is 24.4 Å². The SMILES string of the molecule is CCn1cc(C(=O)N2CCNC(C)C2C)cn1.Cl. The average molecular weight is 273 g/mol. The van der Waals surface area contributed by atoms with Crippen LogP contribution in [0.25, 0.3) is 0 Å². The zero-order valence-corrected chi connectivity index (χ0v) is 11.9. The normalized spacial score (nSPS) is 23.6. The number of hydrogen-bond acceptors (Lipinski definition) is 3. The molecule has 2 unspecified atom stereocenters. The lowest BCUT2D eigenvalue weighted by Crippen LogP contribution is -2.57. The Morgan fingerprint density at radius 3 is 2.89 bits per heavy atom. The van der Waals surface area contributed by atoms with Crippen molar-refractivity contribution in [2.45, 2.75) is 39.4 Å². The van der Waals surface area contributed by atoms with Gasteiger partial charge in [0.1, 0.15) is 0 Å². The predicted octanol–water partition coefficient (Wildman–Crippen LogP) is 1.15. The summed E-state index contributed by atoms with van der Waals surface area (Å²) in [5, 5.41) is 7.52. The Bertz CT molecular complexity index is 407. The van der Waals surface area contributed by atoms with Crippen LogP contribution in [0.3, 0.4) is 0 Å². The number of piperazine rings is 1. The van der Waals surface area contributed by atoms with E-state index in [2.05, 4.69) is 24.3 Å². The molecule has 1 aliphatic heterocycles. The fraction of sp³-hybridized carbons (Fsp3) is 0.667. The summed E-state index contributed by atoms with van der Waals surface area (Å²) >= 11 is 0. The molecule has 2 heterocycles. The van der Waals surface area contributed by atoms with Crippen LogP contribution in [0, 0.1) is 0 Å². The third-order valence-electron chi connectivity index (χ3n) is 3.50. The van der Waals surface area contributed by atoms with E-state index in [9.17, 15) is 4.79 Å². The summed E-state index contributed by atoms with van der Waals surface area (Å²) in [6.07, 6.45) is 3.48. The number of amides is 1. The van der Waals surface area contributed by atoms with Gasteiger partial charge < -0.3 is 10.2 Å². The molecule has 0 bridgehead atoms. The molecule has 18 heavy (non-hydrogen) atoms. The Morgan fingerprint density at radius 1 is 1.56 bits per heavy atom. The highest BCUT2D eigenvalue weighted by Gasteiger charge is 2.29. The van der Waals surface area contributed by atoms with E-state index in [1.807, 2.05) is 18.0 Å². The zero-order chi connectivity index (χ0) is 12.4. The largest absolute Gasteiger partial charge is 0.333 e. The van der Waals surface area contributed by atoms with E-state index >= 15 is 0 Å². The molecule has 5 nitrogen and oxygen atoms in total. The first kappa shape index (κ1) is 15.0. The number of carbonyl (C=O) groups excluding carboxylic acids is 1. The summed E-state index contributed by atoms with van der Waals surface area (Å²) in [4.78, 5) is 14.3. The number of aromatic nitrogens is 2. The molecule has 1 aromatic heterocycles. The molecule has 1 amide bonds. The lowest BCUT2D eigenvalue weighted by Gasteiger charge is -2.38. The Hall–Kier alpha value is -1.07. The molecule has 0 saturated carbocycles. The van der Waals surface area contributed by atoms with Crippen LogP contribution in [-0.2, 0) is 6.54 Å². The van der Waals surface area contributed by atoms with Crippen molar-refractivity contribution >= 4 is 18.3 Å². The summed E-state index contributed by atoms with van der Waals surface area (Å²) in [6.45, 7) is 8.62. The van der Waals surface area contributed by atoms with Crippen molar-refractivity contribution in [1.82, 2.24) is 20.0 Å². The molecular formula is C12H21ClN4O. The topological polar surface area (TPSA) is 50.2 Å². The van der Waals surface area contributed by atoms with Gasteiger partial charge in [-0.1, -0.05) is 0 Å². The molecule has 102 valence electrons. The maximum Gasteiger partial charge on any atom is 0.257 e. The van der Waals surface area contributed by atoms with Gasteiger partial charge in [0.25, 0.3) is 5.91 Å². The zero-order valence-electron chi connectivity index (χ0n) is 11.1. The summed E-state index contributed by atoms with van der Waals surface area (Å²) in [5.74, 6) is 0.0885. The third-order valence-corrected chi connectivity index (χ3v) is 3.50. The molecule has 0 aliphatic carbocycles. The highest BCUT2D eigenvalue weighted by atomic mass is 35.5. The van der Waals surface area contributed by atoms with Crippen LogP contribution < -0.4 is 5.32 Å². The summed E-state index contributed by atoms with van der Waals surface area (Å²) < 4.78 is 1.78. The first-order valence-electron chi connectivity index (χ1n) is 6.20. The van der Waals surface area contributed by atoms with E-state index in [1.165, 1.54) is 0 Å². The minimum absolute atomic E-state index is 0. The van der Waals surface area contributed by atoms with Gasteiger partial charge in [-0.2, -0.15) is 5.10 Å². The number of rotatable bonds is 2. The van der Waals surface area contributed by atoms with Gasteiger partial charge in [0.05, 0.1) is 11.8 Å². The van der Waals surface area contributed by atoms with Crippen molar-refractivity contribution in [3.05, 3.63) is 18.0 Å². The lowest BCUT2D eigenvalue weighted by atomic mass is 10.1. The monoisotopic (exact) mass is 272 g/mol. The smallest absolute Gasteiger partial charge is 0.257 e. The second-order valence-electron chi connectivity index (χ2n) is 4.57. The average Bonchev–Trinajstić information content (AvgIpc) is 2.80. The fourth-order valence-electron chi connectivity index (χ4n) is 2.16. The van der Waals surface area contributed by atoms with E-state index in [0.29, 0.717) is 11.6 Å². The highest BCUT2D eigenvalue weighted by Crippen LogP contribution is 2.13. The Balaban J connectivity index is 0.00000162. The molecule has 1 aliphatic rings. The first-order valence-corrected chi connectivity index (χ1v) is 6.20. The summed E-state index contributed by atoms with van der Waals surface area (Å²) in [5.41, 5.74) is 0.688. The molecule has 6 heteroatoms. The molecule has 0 spiro atoms. The quantitative estimate of drug-likeness (QED) is 0.879. The van der Waals surface area contributed by atoms with Gasteiger partial charge in [-0.3, -0.25) is 9.48 Å². The van der Waals surface area contributed by atoms with Crippen molar-refractivity contribution in [2.24, 2.45) is 0 Å². The Morgan fingerprint density at radius 2 is 2.28 bits per heavy atom. The van der Waals surface area contributed by atoms with Crippen LogP contribution in [0.5, 0.6) is 0 Å². The van der Waals surface area contributed by atoms with Crippen molar-refractivity contribution in [3.8, 4) is 0 Å². The number of nitrogens with one attached hydrogen (secondary N) is 1. The van der Waals surface area contributed by atoms with Crippen LogP contribution in [0.1, 0.15) is 31.1 Å². The Labute approximate surface area is 114 Å². The maximum atomic E-state index is 12.3. The van der Waals surface area contributed by atoms with Crippen molar-refractivity contribution in [3.63, 3.8) is 0 Å². The van der Waals surface area contributed by atoms with Crippen LogP contribution in [-0.4, -0.2) is 45.8 Å². The van der Waals surface area contributed by atoms with E-state index in [4.69, 9.17) is 0 Å². The number of nitrogens with zero attached hydrogens (tertiary/aromatic N) is 3. The van der Waals surface area contributed by atoms with Crippen molar-refractivity contribution in [1.29, 1.82) is 0 Å². The number of halogens is 1. The third kappa shape index (κ3) is 2.84. The Kier molecular flexibility index (Phi) is 5.16. The van der Waals surface area contributed by atoms with Crippen molar-refractivity contribution < 1.29 is 4.79 Å². The molecule has 0 aromatic carbocycles. The number of carbonyl (C=O) groups is 1. The molecule has 1 aromatic rings.